The number of pyridine rings is 1. The van der Waals surface area contributed by atoms with Crippen LogP contribution in [0.5, 0.6) is 0 Å². The van der Waals surface area contributed by atoms with Crippen LogP contribution in [0.25, 0.3) is 0 Å². The average molecular weight is 187 g/mol. The van der Waals surface area contributed by atoms with E-state index in [9.17, 15) is 0 Å². The van der Waals surface area contributed by atoms with Gasteiger partial charge in [0.05, 0.1) is 18.1 Å². The molecule has 2 rings (SSSR count). The van der Waals surface area contributed by atoms with Gasteiger partial charge in [-0.2, -0.15) is 5.10 Å². The van der Waals surface area contributed by atoms with Crippen molar-refractivity contribution in [2.24, 2.45) is 15.1 Å². The Morgan fingerprint density at radius 1 is 1.43 bits per heavy atom. The number of aromatic nitrogens is 1. The lowest BCUT2D eigenvalue weighted by Gasteiger charge is -2.00. The highest BCUT2D eigenvalue weighted by atomic mass is 15.4. The van der Waals surface area contributed by atoms with Crippen molar-refractivity contribution in [2.45, 2.75) is 6.17 Å². The smallest absolute Gasteiger partial charge is 0.171 e. The summed E-state index contributed by atoms with van der Waals surface area (Å²) in [5, 5.41) is 3.98. The van der Waals surface area contributed by atoms with E-state index in [1.54, 1.807) is 18.6 Å². The van der Waals surface area contributed by atoms with Crippen LogP contribution in [0.15, 0.2) is 39.5 Å². The number of nitrogens with zero attached hydrogens (tertiary/aromatic N) is 4. The summed E-state index contributed by atoms with van der Waals surface area (Å²) in [7, 11) is 0. The molecule has 5 heteroatoms. The predicted octanol–water partition coefficient (Wildman–Crippen LogP) is 0.444. The van der Waals surface area contributed by atoms with Crippen molar-refractivity contribution >= 4 is 18.8 Å². The normalized spacial score (nSPS) is 19.3. The third-order valence-corrected chi connectivity index (χ3v) is 1.61. The molecular formula is C9H9N5. The summed E-state index contributed by atoms with van der Waals surface area (Å²) in [5.74, 6) is 0. The summed E-state index contributed by atoms with van der Waals surface area (Å²) >= 11 is 0. The largest absolute Gasteiger partial charge is 0.281 e. The molecule has 1 aromatic rings. The molecule has 1 unspecified atom stereocenters. The van der Waals surface area contributed by atoms with Crippen molar-refractivity contribution in [3.8, 4) is 0 Å². The fourth-order valence-corrected chi connectivity index (χ4v) is 0.968. The molecule has 2 heterocycles. The van der Waals surface area contributed by atoms with Gasteiger partial charge in [0.1, 0.15) is 6.34 Å². The summed E-state index contributed by atoms with van der Waals surface area (Å²) < 4.78 is 0. The third kappa shape index (κ3) is 2.22. The molecule has 14 heavy (non-hydrogen) atoms. The highest BCUT2D eigenvalue weighted by Crippen LogP contribution is 1.90. The number of rotatable bonds is 3. The first-order valence-corrected chi connectivity index (χ1v) is 4.20. The second kappa shape index (κ2) is 4.27. The molecular weight excluding hydrogens is 178 g/mol. The molecule has 1 aromatic heterocycles. The minimum atomic E-state index is -0.144. The SMILES string of the molecule is C1=NC=NC1N/N=C/c1ccccn1. The Kier molecular flexibility index (Phi) is 2.61. The molecule has 70 valence electrons. The van der Waals surface area contributed by atoms with Gasteiger partial charge in [-0.3, -0.25) is 10.4 Å². The number of hydrogen-bond acceptors (Lipinski definition) is 5. The Morgan fingerprint density at radius 3 is 3.14 bits per heavy atom. The lowest BCUT2D eigenvalue weighted by Crippen LogP contribution is -2.21. The van der Waals surface area contributed by atoms with Crippen molar-refractivity contribution in [2.75, 3.05) is 0 Å². The molecule has 1 aliphatic heterocycles. The maximum absolute atomic E-state index is 4.08. The summed E-state index contributed by atoms with van der Waals surface area (Å²) in [6.07, 6.45) is 6.39. The van der Waals surface area contributed by atoms with E-state index in [2.05, 4.69) is 25.5 Å². The molecule has 0 spiro atoms. The second-order valence-corrected chi connectivity index (χ2v) is 2.65. The molecule has 0 radical (unpaired) electrons. The van der Waals surface area contributed by atoms with Crippen LogP contribution >= 0.6 is 0 Å². The molecule has 0 fully saturated rings. The van der Waals surface area contributed by atoms with Gasteiger partial charge in [-0.25, -0.2) is 9.98 Å². The molecule has 0 amide bonds. The first kappa shape index (κ1) is 8.55. The van der Waals surface area contributed by atoms with Gasteiger partial charge in [0.25, 0.3) is 0 Å². The van der Waals surface area contributed by atoms with Gasteiger partial charge < -0.3 is 0 Å². The zero-order valence-electron chi connectivity index (χ0n) is 7.41. The van der Waals surface area contributed by atoms with Gasteiger partial charge >= 0.3 is 0 Å². The summed E-state index contributed by atoms with van der Waals surface area (Å²) in [6.45, 7) is 0. The highest BCUT2D eigenvalue weighted by Gasteiger charge is 2.01. The monoisotopic (exact) mass is 187 g/mol. The van der Waals surface area contributed by atoms with Gasteiger partial charge in [0.15, 0.2) is 6.17 Å². The molecule has 0 aliphatic carbocycles. The van der Waals surface area contributed by atoms with Crippen LogP contribution in [0.3, 0.4) is 0 Å². The molecule has 0 bridgehead atoms. The Bertz CT molecular complexity index is 356. The Morgan fingerprint density at radius 2 is 2.43 bits per heavy atom. The Hall–Kier alpha value is -2.04. The van der Waals surface area contributed by atoms with Crippen molar-refractivity contribution in [1.29, 1.82) is 0 Å². The minimum Gasteiger partial charge on any atom is -0.281 e. The zero-order chi connectivity index (χ0) is 9.64. The van der Waals surface area contributed by atoms with Gasteiger partial charge in [0.2, 0.25) is 0 Å². The standard InChI is InChI=1S/C9H9N5/c1-2-4-11-8(3-1)5-13-14-9-6-10-7-12-9/h1-7,9,14H/b13-5+. The van der Waals surface area contributed by atoms with E-state index >= 15 is 0 Å². The molecule has 1 aliphatic rings. The van der Waals surface area contributed by atoms with E-state index in [1.807, 2.05) is 18.2 Å². The lowest BCUT2D eigenvalue weighted by atomic mass is 10.4. The van der Waals surface area contributed by atoms with Gasteiger partial charge in [-0.05, 0) is 12.1 Å². The summed E-state index contributed by atoms with van der Waals surface area (Å²) in [6, 6.07) is 5.64. The fourth-order valence-electron chi connectivity index (χ4n) is 0.968. The Labute approximate surface area is 81.3 Å². The first-order chi connectivity index (χ1) is 6.95. The molecule has 1 N–H and O–H groups in total. The lowest BCUT2D eigenvalue weighted by molar-refractivity contribution is 0.699. The zero-order valence-corrected chi connectivity index (χ0v) is 7.41. The van der Waals surface area contributed by atoms with Crippen molar-refractivity contribution in [1.82, 2.24) is 10.4 Å². The van der Waals surface area contributed by atoms with Gasteiger partial charge in [0, 0.05) is 6.20 Å². The molecule has 0 saturated heterocycles. The van der Waals surface area contributed by atoms with E-state index in [0.717, 1.165) is 5.69 Å². The van der Waals surface area contributed by atoms with E-state index in [4.69, 9.17) is 0 Å². The summed E-state index contributed by atoms with van der Waals surface area (Å²) in [5.41, 5.74) is 3.62. The van der Waals surface area contributed by atoms with Crippen LogP contribution in [0.4, 0.5) is 0 Å². The van der Waals surface area contributed by atoms with Crippen LogP contribution in [0.1, 0.15) is 5.69 Å². The van der Waals surface area contributed by atoms with E-state index < -0.39 is 0 Å². The molecule has 1 atom stereocenters. The first-order valence-electron chi connectivity index (χ1n) is 4.20. The van der Waals surface area contributed by atoms with Crippen LogP contribution in [-0.4, -0.2) is 29.9 Å². The molecule has 0 aromatic carbocycles. The minimum absolute atomic E-state index is 0.144. The van der Waals surface area contributed by atoms with Crippen LogP contribution in [0.2, 0.25) is 0 Å². The fraction of sp³-hybridized carbons (Fsp3) is 0.111. The van der Waals surface area contributed by atoms with E-state index in [0.29, 0.717) is 0 Å². The number of hydrazone groups is 1. The molecule has 0 saturated carbocycles. The van der Waals surface area contributed by atoms with E-state index in [1.165, 1.54) is 6.34 Å². The maximum atomic E-state index is 4.08. The van der Waals surface area contributed by atoms with Gasteiger partial charge in [-0.1, -0.05) is 6.07 Å². The number of hydrogen-bond donors (Lipinski definition) is 1. The van der Waals surface area contributed by atoms with Crippen molar-refractivity contribution < 1.29 is 0 Å². The third-order valence-electron chi connectivity index (χ3n) is 1.61. The maximum Gasteiger partial charge on any atom is 0.171 e. The quantitative estimate of drug-likeness (QED) is 0.551. The van der Waals surface area contributed by atoms with Crippen LogP contribution < -0.4 is 5.43 Å². The van der Waals surface area contributed by atoms with Gasteiger partial charge in [-0.15, -0.1) is 0 Å². The summed E-state index contributed by atoms with van der Waals surface area (Å²) in [4.78, 5) is 11.9. The van der Waals surface area contributed by atoms with Crippen LogP contribution in [-0.2, 0) is 0 Å². The van der Waals surface area contributed by atoms with Crippen LogP contribution in [0, 0.1) is 0 Å². The second-order valence-electron chi connectivity index (χ2n) is 2.65. The number of aliphatic imine (C=N–C) groups is 2. The average Bonchev–Trinajstić information content (AvgIpc) is 2.72. The Balaban J connectivity index is 1.89. The highest BCUT2D eigenvalue weighted by molar-refractivity contribution is 5.82. The molecule has 5 nitrogen and oxygen atoms in total. The number of nitrogens with one attached hydrogen (secondary N) is 1. The topological polar surface area (TPSA) is 62.0 Å². The van der Waals surface area contributed by atoms with Crippen molar-refractivity contribution in [3.05, 3.63) is 30.1 Å². The van der Waals surface area contributed by atoms with E-state index in [-0.39, 0.29) is 6.17 Å². The predicted molar refractivity (Wildman–Crippen MR) is 55.7 cm³/mol. The van der Waals surface area contributed by atoms with Crippen molar-refractivity contribution in [3.63, 3.8) is 0 Å².